The highest BCUT2D eigenvalue weighted by Crippen LogP contribution is 2.36. The number of phenolic OH excluding ortho intramolecular Hbond substituents is 1. The van der Waals surface area contributed by atoms with Gasteiger partial charge in [0.2, 0.25) is 0 Å². The Morgan fingerprint density at radius 3 is 2.48 bits per heavy atom. The van der Waals surface area contributed by atoms with E-state index in [4.69, 9.17) is 9.47 Å². The van der Waals surface area contributed by atoms with Crippen molar-refractivity contribution in [2.75, 3.05) is 20.8 Å². The summed E-state index contributed by atoms with van der Waals surface area (Å²) in [7, 11) is 3.34. The van der Waals surface area contributed by atoms with Crippen LogP contribution in [0.15, 0.2) is 60.9 Å². The topological polar surface area (TPSA) is 63.6 Å². The summed E-state index contributed by atoms with van der Waals surface area (Å²) in [5.41, 5.74) is 3.88. The van der Waals surface area contributed by atoms with E-state index in [1.165, 1.54) is 0 Å². The van der Waals surface area contributed by atoms with Crippen molar-refractivity contribution < 1.29 is 14.6 Å². The number of rotatable bonds is 8. The summed E-state index contributed by atoms with van der Waals surface area (Å²) in [6, 6.07) is 15.3. The van der Waals surface area contributed by atoms with Crippen LogP contribution in [0.5, 0.6) is 17.2 Å². The minimum Gasteiger partial charge on any atom is -0.508 e. The zero-order chi connectivity index (χ0) is 19.1. The molecule has 1 heterocycles. The van der Waals surface area contributed by atoms with E-state index >= 15 is 0 Å². The average Bonchev–Trinajstić information content (AvgIpc) is 2.72. The smallest absolute Gasteiger partial charge is 0.127 e. The number of para-hydroxylation sites is 1. The first-order valence-corrected chi connectivity index (χ1v) is 8.86. The van der Waals surface area contributed by atoms with Crippen LogP contribution < -0.4 is 14.8 Å². The molecule has 2 N–H and O–H groups in total. The lowest BCUT2D eigenvalue weighted by Crippen LogP contribution is -2.17. The molecular weight excluding hydrogens is 340 g/mol. The molecule has 0 saturated carbocycles. The van der Waals surface area contributed by atoms with Crippen LogP contribution in [0.2, 0.25) is 0 Å². The predicted octanol–water partition coefficient (Wildman–Crippen LogP) is 3.80. The molecule has 5 nitrogen and oxygen atoms in total. The van der Waals surface area contributed by atoms with Crippen LogP contribution >= 0.6 is 0 Å². The van der Waals surface area contributed by atoms with Gasteiger partial charge in [-0.25, -0.2) is 0 Å². The molecule has 0 radical (unpaired) electrons. The predicted molar refractivity (Wildman–Crippen MR) is 106 cm³/mol. The summed E-state index contributed by atoms with van der Waals surface area (Å²) < 4.78 is 11.2. The zero-order valence-electron chi connectivity index (χ0n) is 15.6. The maximum absolute atomic E-state index is 9.83. The number of hydrogen-bond acceptors (Lipinski definition) is 5. The fourth-order valence-electron chi connectivity index (χ4n) is 3.01. The van der Waals surface area contributed by atoms with E-state index in [0.29, 0.717) is 12.3 Å². The Labute approximate surface area is 159 Å². The zero-order valence-corrected chi connectivity index (χ0v) is 15.6. The van der Waals surface area contributed by atoms with Crippen LogP contribution in [-0.4, -0.2) is 30.9 Å². The summed E-state index contributed by atoms with van der Waals surface area (Å²) in [5, 5.41) is 13.2. The third-order valence-corrected chi connectivity index (χ3v) is 4.45. The molecule has 0 spiro atoms. The Bertz CT molecular complexity index is 882. The van der Waals surface area contributed by atoms with Crippen molar-refractivity contribution in [2.24, 2.45) is 0 Å². The summed E-state index contributed by atoms with van der Waals surface area (Å²) in [5.74, 6) is 1.92. The van der Waals surface area contributed by atoms with E-state index in [9.17, 15) is 5.11 Å². The normalized spacial score (nSPS) is 10.6. The number of ether oxygens (including phenoxy) is 2. The first-order chi connectivity index (χ1) is 13.2. The Kier molecular flexibility index (Phi) is 6.28. The monoisotopic (exact) mass is 364 g/mol. The average molecular weight is 364 g/mol. The molecule has 27 heavy (non-hydrogen) atoms. The van der Waals surface area contributed by atoms with Gasteiger partial charge < -0.3 is 19.9 Å². The molecule has 2 aromatic carbocycles. The van der Waals surface area contributed by atoms with E-state index in [-0.39, 0.29) is 0 Å². The number of phenols is 1. The van der Waals surface area contributed by atoms with Crippen LogP contribution in [0.1, 0.15) is 11.1 Å². The lowest BCUT2D eigenvalue weighted by atomic mass is 10.0. The van der Waals surface area contributed by atoms with Crippen LogP contribution in [-0.2, 0) is 13.0 Å². The number of hydrogen-bond donors (Lipinski definition) is 2. The van der Waals surface area contributed by atoms with Crippen LogP contribution in [0, 0.1) is 0 Å². The Morgan fingerprint density at radius 2 is 1.78 bits per heavy atom. The van der Waals surface area contributed by atoms with E-state index in [2.05, 4.69) is 10.3 Å². The second-order valence-corrected chi connectivity index (χ2v) is 6.16. The van der Waals surface area contributed by atoms with Gasteiger partial charge in [0, 0.05) is 35.6 Å². The van der Waals surface area contributed by atoms with E-state index < -0.39 is 0 Å². The van der Waals surface area contributed by atoms with Crippen molar-refractivity contribution in [3.05, 3.63) is 72.1 Å². The highest BCUT2D eigenvalue weighted by atomic mass is 16.5. The van der Waals surface area contributed by atoms with Gasteiger partial charge in [0.1, 0.15) is 17.2 Å². The molecule has 0 bridgehead atoms. The lowest BCUT2D eigenvalue weighted by Gasteiger charge is -2.15. The maximum Gasteiger partial charge on any atom is 0.127 e. The van der Waals surface area contributed by atoms with Crippen molar-refractivity contribution in [1.82, 2.24) is 10.3 Å². The molecule has 3 aromatic rings. The number of aromatic hydroxyl groups is 1. The van der Waals surface area contributed by atoms with E-state index in [0.717, 1.165) is 46.7 Å². The van der Waals surface area contributed by atoms with Gasteiger partial charge in [0.15, 0.2) is 0 Å². The minimum absolute atomic E-state index is 0.310. The summed E-state index contributed by atoms with van der Waals surface area (Å²) >= 11 is 0. The SMILES string of the molecule is COc1cc(-c2cccnc2)c(OC)cc1CCNCc1ccccc1O. The van der Waals surface area contributed by atoms with Gasteiger partial charge in [-0.2, -0.15) is 0 Å². The van der Waals surface area contributed by atoms with Crippen molar-refractivity contribution in [2.45, 2.75) is 13.0 Å². The molecule has 0 aliphatic heterocycles. The highest BCUT2D eigenvalue weighted by Gasteiger charge is 2.13. The first-order valence-electron chi connectivity index (χ1n) is 8.86. The van der Waals surface area contributed by atoms with Crippen molar-refractivity contribution >= 4 is 0 Å². The molecule has 0 fully saturated rings. The molecule has 0 saturated heterocycles. The molecule has 0 amide bonds. The molecule has 0 atom stereocenters. The molecule has 0 aliphatic carbocycles. The van der Waals surface area contributed by atoms with Crippen LogP contribution in [0.4, 0.5) is 0 Å². The first kappa shape index (κ1) is 18.7. The number of benzene rings is 2. The molecule has 1 aromatic heterocycles. The number of aromatic nitrogens is 1. The Balaban J connectivity index is 1.72. The second kappa shape index (κ2) is 9.05. The largest absolute Gasteiger partial charge is 0.508 e. The Morgan fingerprint density at radius 1 is 0.963 bits per heavy atom. The highest BCUT2D eigenvalue weighted by molar-refractivity contribution is 5.72. The number of pyridine rings is 1. The van der Waals surface area contributed by atoms with Crippen molar-refractivity contribution in [1.29, 1.82) is 0 Å². The van der Waals surface area contributed by atoms with Gasteiger partial charge in [-0.3, -0.25) is 4.98 Å². The Hall–Kier alpha value is -3.05. The van der Waals surface area contributed by atoms with Gasteiger partial charge in [-0.15, -0.1) is 0 Å². The lowest BCUT2D eigenvalue weighted by molar-refractivity contribution is 0.399. The second-order valence-electron chi connectivity index (χ2n) is 6.16. The molecule has 5 heteroatoms. The fourth-order valence-corrected chi connectivity index (χ4v) is 3.01. The maximum atomic E-state index is 9.83. The molecular formula is C22H24N2O3. The van der Waals surface area contributed by atoms with Gasteiger partial charge in [-0.1, -0.05) is 24.3 Å². The number of methoxy groups -OCH3 is 2. The molecule has 3 rings (SSSR count). The summed E-state index contributed by atoms with van der Waals surface area (Å²) in [6.45, 7) is 1.36. The van der Waals surface area contributed by atoms with E-state index in [1.54, 1.807) is 26.5 Å². The third-order valence-electron chi connectivity index (χ3n) is 4.45. The minimum atomic E-state index is 0.310. The molecule has 0 aliphatic rings. The molecule has 0 unspecified atom stereocenters. The van der Waals surface area contributed by atoms with Gasteiger partial charge in [0.05, 0.1) is 14.2 Å². The standard InChI is InChI=1S/C22H24N2O3/c1-26-21-13-19(17-7-5-10-23-14-17)22(27-2)12-16(21)9-11-24-15-18-6-3-4-8-20(18)25/h3-8,10,12-14,24-25H,9,11,15H2,1-2H3. The van der Waals surface area contributed by atoms with E-state index in [1.807, 2.05) is 48.7 Å². The van der Waals surface area contributed by atoms with Gasteiger partial charge >= 0.3 is 0 Å². The summed E-state index contributed by atoms with van der Waals surface area (Å²) in [6.07, 6.45) is 4.34. The van der Waals surface area contributed by atoms with Crippen molar-refractivity contribution in [3.63, 3.8) is 0 Å². The number of nitrogens with zero attached hydrogens (tertiary/aromatic N) is 1. The quantitative estimate of drug-likeness (QED) is 0.595. The summed E-state index contributed by atoms with van der Waals surface area (Å²) in [4.78, 5) is 4.18. The molecule has 140 valence electrons. The third kappa shape index (κ3) is 4.57. The number of nitrogens with one attached hydrogen (secondary N) is 1. The van der Waals surface area contributed by atoms with Crippen LogP contribution in [0.3, 0.4) is 0 Å². The fraction of sp³-hybridized carbons (Fsp3) is 0.227. The van der Waals surface area contributed by atoms with Crippen molar-refractivity contribution in [3.8, 4) is 28.4 Å². The van der Waals surface area contributed by atoms with Gasteiger partial charge in [0.25, 0.3) is 0 Å². The van der Waals surface area contributed by atoms with Crippen LogP contribution in [0.25, 0.3) is 11.1 Å². The van der Waals surface area contributed by atoms with Gasteiger partial charge in [-0.05, 0) is 42.8 Å².